The minimum Gasteiger partial charge on any atom is -0.376 e. The summed E-state index contributed by atoms with van der Waals surface area (Å²) in [5.41, 5.74) is 5.12. The first-order chi connectivity index (χ1) is 9.42. The van der Waals surface area contributed by atoms with Crippen molar-refractivity contribution in [3.05, 3.63) is 59.8 Å². The van der Waals surface area contributed by atoms with Crippen LogP contribution in [0, 0.1) is 0 Å². The van der Waals surface area contributed by atoms with E-state index in [1.807, 2.05) is 6.20 Å². The van der Waals surface area contributed by atoms with Crippen molar-refractivity contribution < 1.29 is 0 Å². The summed E-state index contributed by atoms with van der Waals surface area (Å²) in [7, 11) is 0. The molecule has 1 aliphatic rings. The lowest BCUT2D eigenvalue weighted by molar-refractivity contribution is 0.763. The molecule has 1 atom stereocenters. The number of benzene rings is 2. The lowest BCUT2D eigenvalue weighted by atomic mass is 10.1. The topological polar surface area (TPSA) is 40.7 Å². The van der Waals surface area contributed by atoms with Crippen LogP contribution in [0.3, 0.4) is 0 Å². The highest BCUT2D eigenvalue weighted by molar-refractivity contribution is 5.90. The Kier molecular flexibility index (Phi) is 2.30. The zero-order valence-electron chi connectivity index (χ0n) is 10.6. The van der Waals surface area contributed by atoms with Gasteiger partial charge in [0.15, 0.2) is 0 Å². The number of rotatable bonds is 2. The molecular weight excluding hydrogens is 234 g/mol. The van der Waals surface area contributed by atoms with E-state index in [9.17, 15) is 0 Å². The molecule has 0 aliphatic heterocycles. The second-order valence-corrected chi connectivity index (χ2v) is 5.07. The summed E-state index contributed by atoms with van der Waals surface area (Å²) in [6.45, 7) is 0. The van der Waals surface area contributed by atoms with Crippen LogP contribution in [0.2, 0.25) is 0 Å². The number of hydrogen-bond donors (Lipinski definition) is 2. The van der Waals surface area contributed by atoms with Crippen molar-refractivity contribution in [1.82, 2.24) is 10.2 Å². The standard InChI is InChI=1S/C16H15N3/c1-2-6-13-11(4-1)8-9-14(13)18-15-7-3-5-12-10-17-19-16(12)15/h1-7,10,14,18H,8-9H2,(H,17,19). The molecule has 0 spiro atoms. The summed E-state index contributed by atoms with van der Waals surface area (Å²) in [6, 6.07) is 15.4. The Labute approximate surface area is 111 Å². The molecule has 3 heteroatoms. The molecule has 1 aromatic heterocycles. The molecule has 0 bridgehead atoms. The molecule has 0 saturated heterocycles. The maximum absolute atomic E-state index is 4.12. The monoisotopic (exact) mass is 249 g/mol. The third-order valence-corrected chi connectivity index (χ3v) is 3.94. The Bertz CT molecular complexity index is 729. The summed E-state index contributed by atoms with van der Waals surface area (Å²) >= 11 is 0. The third kappa shape index (κ3) is 1.70. The fraction of sp³-hybridized carbons (Fsp3) is 0.188. The number of fused-ring (bicyclic) bond motifs is 2. The molecule has 94 valence electrons. The van der Waals surface area contributed by atoms with Gasteiger partial charge in [-0.1, -0.05) is 36.4 Å². The third-order valence-electron chi connectivity index (χ3n) is 3.94. The van der Waals surface area contributed by atoms with Gasteiger partial charge >= 0.3 is 0 Å². The Hall–Kier alpha value is -2.29. The van der Waals surface area contributed by atoms with Crippen molar-refractivity contribution >= 4 is 16.6 Å². The Balaban J connectivity index is 1.71. The summed E-state index contributed by atoms with van der Waals surface area (Å²) in [5.74, 6) is 0. The van der Waals surface area contributed by atoms with Gasteiger partial charge in [-0.15, -0.1) is 0 Å². The van der Waals surface area contributed by atoms with E-state index < -0.39 is 0 Å². The molecule has 3 nitrogen and oxygen atoms in total. The fourth-order valence-corrected chi connectivity index (χ4v) is 2.98. The summed E-state index contributed by atoms with van der Waals surface area (Å²) in [5, 5.41) is 12.0. The predicted octanol–water partition coefficient (Wildman–Crippen LogP) is 3.66. The highest BCUT2D eigenvalue weighted by Gasteiger charge is 2.22. The largest absolute Gasteiger partial charge is 0.376 e. The van der Waals surface area contributed by atoms with Crippen LogP contribution in [0.5, 0.6) is 0 Å². The first-order valence-electron chi connectivity index (χ1n) is 6.68. The zero-order valence-corrected chi connectivity index (χ0v) is 10.6. The number of anilines is 1. The molecule has 3 aromatic rings. The van der Waals surface area contributed by atoms with Gasteiger partial charge < -0.3 is 5.32 Å². The van der Waals surface area contributed by atoms with Crippen molar-refractivity contribution in [1.29, 1.82) is 0 Å². The summed E-state index contributed by atoms with van der Waals surface area (Å²) in [6.07, 6.45) is 4.18. The number of aromatic nitrogens is 2. The smallest absolute Gasteiger partial charge is 0.0881 e. The van der Waals surface area contributed by atoms with Gasteiger partial charge in [0.2, 0.25) is 0 Å². The van der Waals surface area contributed by atoms with E-state index in [2.05, 4.69) is 58.0 Å². The Morgan fingerprint density at radius 3 is 3.05 bits per heavy atom. The van der Waals surface area contributed by atoms with Crippen molar-refractivity contribution in [3.8, 4) is 0 Å². The number of nitrogens with zero attached hydrogens (tertiary/aromatic N) is 1. The summed E-state index contributed by atoms with van der Waals surface area (Å²) < 4.78 is 0. The van der Waals surface area contributed by atoms with E-state index in [0.29, 0.717) is 6.04 Å². The fourth-order valence-electron chi connectivity index (χ4n) is 2.98. The maximum Gasteiger partial charge on any atom is 0.0881 e. The lowest BCUT2D eigenvalue weighted by Crippen LogP contribution is -2.07. The van der Waals surface area contributed by atoms with E-state index in [1.165, 1.54) is 11.1 Å². The van der Waals surface area contributed by atoms with Crippen LogP contribution in [0.25, 0.3) is 10.9 Å². The average Bonchev–Trinajstić information content (AvgIpc) is 3.06. The minimum absolute atomic E-state index is 0.408. The van der Waals surface area contributed by atoms with Gasteiger partial charge in [0.25, 0.3) is 0 Å². The highest BCUT2D eigenvalue weighted by atomic mass is 15.1. The molecule has 2 N–H and O–H groups in total. The second-order valence-electron chi connectivity index (χ2n) is 5.07. The lowest BCUT2D eigenvalue weighted by Gasteiger charge is -2.16. The maximum atomic E-state index is 4.12. The molecule has 0 radical (unpaired) electrons. The van der Waals surface area contributed by atoms with E-state index in [-0.39, 0.29) is 0 Å². The van der Waals surface area contributed by atoms with E-state index in [1.54, 1.807) is 0 Å². The van der Waals surface area contributed by atoms with Gasteiger partial charge in [-0.2, -0.15) is 5.10 Å². The number of aromatic amines is 1. The number of hydrogen-bond acceptors (Lipinski definition) is 2. The number of nitrogens with one attached hydrogen (secondary N) is 2. The quantitative estimate of drug-likeness (QED) is 0.727. The van der Waals surface area contributed by atoms with Crippen LogP contribution in [-0.4, -0.2) is 10.2 Å². The van der Waals surface area contributed by atoms with Crippen molar-refractivity contribution in [2.24, 2.45) is 0 Å². The normalized spacial score (nSPS) is 17.6. The van der Waals surface area contributed by atoms with E-state index >= 15 is 0 Å². The number of aryl methyl sites for hydroxylation is 1. The van der Waals surface area contributed by atoms with Crippen LogP contribution >= 0.6 is 0 Å². The van der Waals surface area contributed by atoms with Crippen molar-refractivity contribution in [3.63, 3.8) is 0 Å². The van der Waals surface area contributed by atoms with Gasteiger partial charge in [0, 0.05) is 5.39 Å². The molecule has 4 rings (SSSR count). The Morgan fingerprint density at radius 2 is 2.05 bits per heavy atom. The SMILES string of the molecule is c1ccc2c(c1)CCC2Nc1cccc2cn[nH]c12. The molecule has 1 unspecified atom stereocenters. The Morgan fingerprint density at radius 1 is 1.11 bits per heavy atom. The van der Waals surface area contributed by atoms with Crippen LogP contribution in [0.15, 0.2) is 48.7 Å². The number of H-pyrrole nitrogens is 1. The van der Waals surface area contributed by atoms with Gasteiger partial charge in [-0.05, 0) is 30.0 Å². The molecule has 0 fully saturated rings. The molecule has 2 aromatic carbocycles. The van der Waals surface area contributed by atoms with Gasteiger partial charge in [-0.3, -0.25) is 5.10 Å². The highest BCUT2D eigenvalue weighted by Crippen LogP contribution is 2.34. The molecule has 1 heterocycles. The molecule has 1 aliphatic carbocycles. The molecule has 0 saturated carbocycles. The zero-order chi connectivity index (χ0) is 12.7. The van der Waals surface area contributed by atoms with Crippen molar-refractivity contribution in [2.45, 2.75) is 18.9 Å². The van der Waals surface area contributed by atoms with Gasteiger partial charge in [0.1, 0.15) is 0 Å². The average molecular weight is 249 g/mol. The summed E-state index contributed by atoms with van der Waals surface area (Å²) in [4.78, 5) is 0. The second kappa shape index (κ2) is 4.12. The molecular formula is C16H15N3. The van der Waals surface area contributed by atoms with E-state index in [0.717, 1.165) is 29.4 Å². The first kappa shape index (κ1) is 10.6. The first-order valence-corrected chi connectivity index (χ1v) is 6.68. The van der Waals surface area contributed by atoms with Crippen LogP contribution in [-0.2, 0) is 6.42 Å². The molecule has 0 amide bonds. The van der Waals surface area contributed by atoms with Crippen LogP contribution in [0.1, 0.15) is 23.6 Å². The van der Waals surface area contributed by atoms with Crippen molar-refractivity contribution in [2.75, 3.05) is 5.32 Å². The van der Waals surface area contributed by atoms with Crippen LogP contribution < -0.4 is 5.32 Å². The van der Waals surface area contributed by atoms with Gasteiger partial charge in [0.05, 0.1) is 23.4 Å². The van der Waals surface area contributed by atoms with E-state index in [4.69, 9.17) is 0 Å². The van der Waals surface area contributed by atoms with Gasteiger partial charge in [-0.25, -0.2) is 0 Å². The predicted molar refractivity (Wildman–Crippen MR) is 77.2 cm³/mol. The minimum atomic E-state index is 0.408. The number of para-hydroxylation sites is 1. The van der Waals surface area contributed by atoms with Crippen LogP contribution in [0.4, 0.5) is 5.69 Å². The molecule has 19 heavy (non-hydrogen) atoms.